The molecule has 0 aromatic heterocycles. The van der Waals surface area contributed by atoms with Crippen LogP contribution in [0.1, 0.15) is 28.7 Å². The SMILES string of the molecule is C[C@H](c1ccc(Cl)cc1)N(C)C(=O)COc1ccc(C2SCCS2)cc1. The highest BCUT2D eigenvalue weighted by atomic mass is 35.5. The molecule has 138 valence electrons. The maximum Gasteiger partial charge on any atom is 0.260 e. The molecule has 26 heavy (non-hydrogen) atoms. The fraction of sp³-hybridized carbons (Fsp3) is 0.350. The van der Waals surface area contributed by atoms with E-state index in [1.54, 1.807) is 11.9 Å². The molecular weight excluding hydrogens is 386 g/mol. The monoisotopic (exact) mass is 407 g/mol. The summed E-state index contributed by atoms with van der Waals surface area (Å²) in [5, 5.41) is 0.691. The van der Waals surface area contributed by atoms with Gasteiger partial charge in [-0.3, -0.25) is 4.79 Å². The summed E-state index contributed by atoms with van der Waals surface area (Å²) in [5.41, 5.74) is 2.35. The van der Waals surface area contributed by atoms with Crippen molar-refractivity contribution in [2.24, 2.45) is 0 Å². The number of carbonyl (C=O) groups is 1. The van der Waals surface area contributed by atoms with Gasteiger partial charge in [0.1, 0.15) is 5.75 Å². The van der Waals surface area contributed by atoms with Crippen LogP contribution in [-0.4, -0.2) is 36.0 Å². The average molecular weight is 408 g/mol. The van der Waals surface area contributed by atoms with Gasteiger partial charge in [-0.1, -0.05) is 35.9 Å². The van der Waals surface area contributed by atoms with Gasteiger partial charge >= 0.3 is 0 Å². The highest BCUT2D eigenvalue weighted by Gasteiger charge is 2.19. The van der Waals surface area contributed by atoms with Gasteiger partial charge in [-0.2, -0.15) is 0 Å². The molecule has 6 heteroatoms. The van der Waals surface area contributed by atoms with Crippen molar-refractivity contribution in [1.82, 2.24) is 4.90 Å². The molecule has 1 saturated heterocycles. The van der Waals surface area contributed by atoms with Gasteiger partial charge in [-0.05, 0) is 42.3 Å². The minimum absolute atomic E-state index is 0.0285. The van der Waals surface area contributed by atoms with Crippen LogP contribution in [-0.2, 0) is 4.79 Å². The molecule has 1 aliphatic heterocycles. The summed E-state index contributed by atoms with van der Waals surface area (Å²) >= 11 is 9.88. The Hall–Kier alpha value is -1.30. The van der Waals surface area contributed by atoms with E-state index in [2.05, 4.69) is 12.1 Å². The van der Waals surface area contributed by atoms with Gasteiger partial charge in [-0.15, -0.1) is 23.5 Å². The molecule has 0 saturated carbocycles. The fourth-order valence-corrected chi connectivity index (χ4v) is 5.69. The smallest absolute Gasteiger partial charge is 0.260 e. The Morgan fingerprint density at radius 2 is 1.77 bits per heavy atom. The molecule has 1 fully saturated rings. The summed E-state index contributed by atoms with van der Waals surface area (Å²) in [6.45, 7) is 2.02. The van der Waals surface area contributed by atoms with Crippen LogP contribution in [0.4, 0.5) is 0 Å². The van der Waals surface area contributed by atoms with E-state index in [1.807, 2.05) is 66.8 Å². The van der Waals surface area contributed by atoms with Crippen LogP contribution < -0.4 is 4.74 Å². The van der Waals surface area contributed by atoms with Crippen molar-refractivity contribution in [3.05, 3.63) is 64.7 Å². The molecule has 3 rings (SSSR count). The third-order valence-electron chi connectivity index (χ3n) is 4.46. The summed E-state index contributed by atoms with van der Waals surface area (Å²) in [5.74, 6) is 3.08. The Labute approximate surface area is 168 Å². The second-order valence-electron chi connectivity index (χ2n) is 6.16. The van der Waals surface area contributed by atoms with Crippen molar-refractivity contribution in [3.63, 3.8) is 0 Å². The van der Waals surface area contributed by atoms with Gasteiger partial charge in [0, 0.05) is 23.6 Å². The van der Waals surface area contributed by atoms with Gasteiger partial charge in [0.25, 0.3) is 5.91 Å². The molecule has 0 spiro atoms. The van der Waals surface area contributed by atoms with Crippen LogP contribution in [0.2, 0.25) is 5.02 Å². The summed E-state index contributed by atoms with van der Waals surface area (Å²) in [6, 6.07) is 15.6. The largest absolute Gasteiger partial charge is 0.484 e. The van der Waals surface area contributed by atoms with Crippen LogP contribution in [0.25, 0.3) is 0 Å². The van der Waals surface area contributed by atoms with Gasteiger partial charge in [-0.25, -0.2) is 0 Å². The van der Waals surface area contributed by atoms with Crippen molar-refractivity contribution in [3.8, 4) is 5.75 Å². The van der Waals surface area contributed by atoms with Crippen molar-refractivity contribution < 1.29 is 9.53 Å². The summed E-state index contributed by atoms with van der Waals surface area (Å²) in [4.78, 5) is 14.1. The lowest BCUT2D eigenvalue weighted by Crippen LogP contribution is -2.33. The Morgan fingerprint density at radius 1 is 1.15 bits per heavy atom. The first-order valence-corrected chi connectivity index (χ1v) is 11.0. The van der Waals surface area contributed by atoms with Gasteiger partial charge in [0.2, 0.25) is 0 Å². The zero-order valence-electron chi connectivity index (χ0n) is 14.9. The molecule has 3 nitrogen and oxygen atoms in total. The fourth-order valence-electron chi connectivity index (χ4n) is 2.70. The molecule has 2 aromatic carbocycles. The zero-order chi connectivity index (χ0) is 18.5. The number of hydrogen-bond donors (Lipinski definition) is 0. The first-order valence-electron chi connectivity index (χ1n) is 8.51. The Kier molecular flexibility index (Phi) is 6.79. The highest BCUT2D eigenvalue weighted by molar-refractivity contribution is 8.19. The predicted octanol–water partition coefficient (Wildman–Crippen LogP) is 5.42. The van der Waals surface area contributed by atoms with Crippen molar-refractivity contribution >= 4 is 41.0 Å². The number of halogens is 1. The predicted molar refractivity (Wildman–Crippen MR) is 112 cm³/mol. The first kappa shape index (κ1) is 19.5. The molecule has 1 amide bonds. The molecular formula is C20H22ClNO2S2. The minimum atomic E-state index is -0.0570. The quantitative estimate of drug-likeness (QED) is 0.639. The van der Waals surface area contributed by atoms with Gasteiger partial charge < -0.3 is 9.64 Å². The molecule has 0 unspecified atom stereocenters. The van der Waals surface area contributed by atoms with Crippen molar-refractivity contribution in [2.75, 3.05) is 25.2 Å². The number of hydrogen-bond acceptors (Lipinski definition) is 4. The lowest BCUT2D eigenvalue weighted by atomic mass is 10.1. The standard InChI is InChI=1S/C20H22ClNO2S2/c1-14(15-3-7-17(21)8-4-15)22(2)19(23)13-24-18-9-5-16(6-10-18)20-25-11-12-26-20/h3-10,14,20H,11-13H2,1-2H3/t14-/m1/s1. The molecule has 0 radical (unpaired) electrons. The van der Waals surface area contributed by atoms with E-state index < -0.39 is 0 Å². The minimum Gasteiger partial charge on any atom is -0.484 e. The maximum atomic E-state index is 12.4. The average Bonchev–Trinajstić information content (AvgIpc) is 3.20. The number of likely N-dealkylation sites (N-methyl/N-ethyl adjacent to an activating group) is 1. The Balaban J connectivity index is 1.53. The van der Waals surface area contributed by atoms with E-state index in [-0.39, 0.29) is 18.6 Å². The second kappa shape index (κ2) is 9.07. The molecule has 1 heterocycles. The van der Waals surface area contributed by atoms with Crippen LogP contribution in [0.3, 0.4) is 0 Å². The molecule has 0 bridgehead atoms. The van der Waals surface area contributed by atoms with Crippen molar-refractivity contribution in [1.29, 1.82) is 0 Å². The van der Waals surface area contributed by atoms with Gasteiger partial charge in [0.15, 0.2) is 6.61 Å². The van der Waals surface area contributed by atoms with E-state index in [1.165, 1.54) is 17.1 Å². The van der Waals surface area contributed by atoms with E-state index in [4.69, 9.17) is 16.3 Å². The van der Waals surface area contributed by atoms with E-state index in [0.29, 0.717) is 9.60 Å². The molecule has 1 aliphatic rings. The third kappa shape index (κ3) is 4.90. The van der Waals surface area contributed by atoms with Crippen LogP contribution in [0.5, 0.6) is 5.75 Å². The Bertz CT molecular complexity index is 730. The number of carbonyl (C=O) groups excluding carboxylic acids is 1. The zero-order valence-corrected chi connectivity index (χ0v) is 17.2. The topological polar surface area (TPSA) is 29.5 Å². The van der Waals surface area contributed by atoms with Crippen molar-refractivity contribution in [2.45, 2.75) is 17.5 Å². The summed E-state index contributed by atoms with van der Waals surface area (Å²) in [7, 11) is 1.79. The molecule has 1 atom stereocenters. The number of rotatable bonds is 6. The maximum absolute atomic E-state index is 12.4. The number of ether oxygens (including phenoxy) is 1. The molecule has 2 aromatic rings. The molecule has 0 aliphatic carbocycles. The number of thioether (sulfide) groups is 2. The normalized spacial score (nSPS) is 15.7. The Morgan fingerprint density at radius 3 is 2.38 bits per heavy atom. The summed E-state index contributed by atoms with van der Waals surface area (Å²) in [6.07, 6.45) is 0. The lowest BCUT2D eigenvalue weighted by molar-refractivity contribution is -0.134. The van der Waals surface area contributed by atoms with E-state index >= 15 is 0 Å². The second-order valence-corrected chi connectivity index (χ2v) is 9.32. The van der Waals surface area contributed by atoms with E-state index in [9.17, 15) is 4.79 Å². The van der Waals surface area contributed by atoms with Gasteiger partial charge in [0.05, 0.1) is 10.6 Å². The number of amides is 1. The van der Waals surface area contributed by atoms with Crippen LogP contribution in [0.15, 0.2) is 48.5 Å². The third-order valence-corrected chi connectivity index (χ3v) is 7.82. The summed E-state index contributed by atoms with van der Waals surface area (Å²) < 4.78 is 6.21. The van der Waals surface area contributed by atoms with E-state index in [0.717, 1.165) is 11.3 Å². The first-order chi connectivity index (χ1) is 12.5. The number of nitrogens with zero attached hydrogens (tertiary/aromatic N) is 1. The number of benzene rings is 2. The lowest BCUT2D eigenvalue weighted by Gasteiger charge is -2.25. The molecule has 0 N–H and O–H groups in total. The highest BCUT2D eigenvalue weighted by Crippen LogP contribution is 2.45. The van der Waals surface area contributed by atoms with Crippen LogP contribution >= 0.6 is 35.1 Å². The van der Waals surface area contributed by atoms with Crippen LogP contribution in [0, 0.1) is 0 Å².